The summed E-state index contributed by atoms with van der Waals surface area (Å²) in [5.41, 5.74) is 3.88. The van der Waals surface area contributed by atoms with Crippen molar-refractivity contribution in [1.29, 1.82) is 0 Å². The molecule has 0 saturated carbocycles. The quantitative estimate of drug-likeness (QED) is 0.515. The van der Waals surface area contributed by atoms with Crippen LogP contribution in [0.4, 0.5) is 5.13 Å². The van der Waals surface area contributed by atoms with Crippen LogP contribution < -0.4 is 10.1 Å². The van der Waals surface area contributed by atoms with Crippen LogP contribution in [0.1, 0.15) is 20.8 Å². The van der Waals surface area contributed by atoms with Gasteiger partial charge in [0.05, 0.1) is 18.4 Å². The Morgan fingerprint density at radius 3 is 2.62 bits per heavy atom. The number of aryl methyl sites for hydroxylation is 2. The van der Waals surface area contributed by atoms with Gasteiger partial charge in [-0.3, -0.25) is 10.1 Å². The monoisotopic (exact) mass is 404 g/mol. The molecule has 1 N–H and O–H groups in total. The summed E-state index contributed by atoms with van der Waals surface area (Å²) < 4.78 is 7.05. The third-order valence-corrected chi connectivity index (χ3v) is 5.27. The lowest BCUT2D eigenvalue weighted by atomic mass is 10.1. The molecule has 0 fully saturated rings. The van der Waals surface area contributed by atoms with Crippen LogP contribution in [0.2, 0.25) is 0 Å². The highest BCUT2D eigenvalue weighted by Crippen LogP contribution is 2.28. The van der Waals surface area contributed by atoms with Gasteiger partial charge in [0, 0.05) is 22.8 Å². The highest BCUT2D eigenvalue weighted by atomic mass is 32.1. The summed E-state index contributed by atoms with van der Waals surface area (Å²) in [5, 5.41) is 8.14. The number of thiazole rings is 1. The average Bonchev–Trinajstić information content (AvgIpc) is 3.35. The molecule has 0 aliphatic rings. The first-order chi connectivity index (χ1) is 14.0. The molecule has 0 atom stereocenters. The number of methoxy groups -OCH3 is 1. The number of hydrogen-bond donors (Lipinski definition) is 1. The summed E-state index contributed by atoms with van der Waals surface area (Å²) >= 11 is 1.43. The molecule has 146 valence electrons. The largest absolute Gasteiger partial charge is 0.497 e. The van der Waals surface area contributed by atoms with E-state index in [1.807, 2.05) is 62.4 Å². The third kappa shape index (κ3) is 4.05. The Bertz CT molecular complexity index is 1160. The van der Waals surface area contributed by atoms with Crippen molar-refractivity contribution < 1.29 is 9.53 Å². The van der Waals surface area contributed by atoms with Crippen LogP contribution >= 0.6 is 11.3 Å². The molecule has 0 unspecified atom stereocenters. The smallest absolute Gasteiger partial charge is 0.261 e. The minimum atomic E-state index is -0.254. The van der Waals surface area contributed by atoms with Crippen LogP contribution in [-0.4, -0.2) is 27.8 Å². The molecule has 29 heavy (non-hydrogen) atoms. The highest BCUT2D eigenvalue weighted by Gasteiger charge is 2.20. The number of anilines is 1. The Morgan fingerprint density at radius 2 is 1.93 bits per heavy atom. The molecule has 7 heteroatoms. The van der Waals surface area contributed by atoms with E-state index in [0.717, 1.165) is 21.7 Å². The molecule has 0 radical (unpaired) electrons. The minimum absolute atomic E-state index is 0.254. The zero-order valence-electron chi connectivity index (χ0n) is 16.3. The topological polar surface area (TPSA) is 69.0 Å². The fourth-order valence-electron chi connectivity index (χ4n) is 2.93. The molecular weight excluding hydrogens is 384 g/mol. The van der Waals surface area contributed by atoms with Gasteiger partial charge in [-0.15, -0.1) is 11.3 Å². The van der Waals surface area contributed by atoms with Gasteiger partial charge in [0.25, 0.3) is 5.91 Å². The van der Waals surface area contributed by atoms with Crippen molar-refractivity contribution in [2.75, 3.05) is 12.4 Å². The fourth-order valence-corrected chi connectivity index (χ4v) is 3.59. The summed E-state index contributed by atoms with van der Waals surface area (Å²) in [7, 11) is 1.61. The van der Waals surface area contributed by atoms with E-state index >= 15 is 0 Å². The van der Waals surface area contributed by atoms with E-state index in [9.17, 15) is 4.79 Å². The number of carbonyl (C=O) groups excluding carboxylic acids is 1. The molecule has 0 aliphatic heterocycles. The summed E-state index contributed by atoms with van der Waals surface area (Å²) in [6, 6.07) is 15.5. The fraction of sp³-hybridized carbons (Fsp3) is 0.136. The molecule has 0 spiro atoms. The number of hydrogen-bond acceptors (Lipinski definition) is 5. The first-order valence-corrected chi connectivity index (χ1v) is 9.90. The van der Waals surface area contributed by atoms with Crippen molar-refractivity contribution in [1.82, 2.24) is 14.8 Å². The molecule has 2 aromatic heterocycles. The number of ether oxygens (including phenoxy) is 1. The van der Waals surface area contributed by atoms with E-state index < -0.39 is 0 Å². The van der Waals surface area contributed by atoms with Gasteiger partial charge in [-0.25, -0.2) is 9.67 Å². The molecule has 4 rings (SSSR count). The van der Waals surface area contributed by atoms with E-state index in [2.05, 4.69) is 10.3 Å². The summed E-state index contributed by atoms with van der Waals surface area (Å²) in [6.07, 6.45) is 3.48. The second-order valence-electron chi connectivity index (χ2n) is 6.63. The van der Waals surface area contributed by atoms with Crippen molar-refractivity contribution in [2.24, 2.45) is 0 Å². The Hall–Kier alpha value is -3.45. The van der Waals surface area contributed by atoms with Crippen molar-refractivity contribution in [3.8, 4) is 22.7 Å². The SMILES string of the molecule is COc1cccc(-c2nn(-c3ccc(C)cc3)cc2C(=O)Nc2ncc(C)s2)c1. The predicted molar refractivity (Wildman–Crippen MR) is 115 cm³/mol. The maximum atomic E-state index is 13.0. The molecule has 6 nitrogen and oxygen atoms in total. The number of nitrogens with one attached hydrogen (secondary N) is 1. The molecule has 2 heterocycles. The van der Waals surface area contributed by atoms with Crippen LogP contribution in [0.5, 0.6) is 5.75 Å². The Labute approximate surface area is 172 Å². The minimum Gasteiger partial charge on any atom is -0.497 e. The maximum Gasteiger partial charge on any atom is 0.261 e. The highest BCUT2D eigenvalue weighted by molar-refractivity contribution is 7.15. The van der Waals surface area contributed by atoms with Crippen LogP contribution in [0.25, 0.3) is 16.9 Å². The average molecular weight is 404 g/mol. The van der Waals surface area contributed by atoms with Crippen molar-refractivity contribution in [3.63, 3.8) is 0 Å². The second kappa shape index (κ2) is 7.89. The molecule has 0 aliphatic carbocycles. The lowest BCUT2D eigenvalue weighted by Crippen LogP contribution is -2.12. The van der Waals surface area contributed by atoms with Crippen LogP contribution in [0.15, 0.2) is 60.9 Å². The van der Waals surface area contributed by atoms with Gasteiger partial charge in [0.2, 0.25) is 0 Å². The van der Waals surface area contributed by atoms with Gasteiger partial charge in [-0.1, -0.05) is 29.8 Å². The van der Waals surface area contributed by atoms with Gasteiger partial charge in [0.15, 0.2) is 5.13 Å². The first kappa shape index (κ1) is 18.9. The molecule has 1 amide bonds. The van der Waals surface area contributed by atoms with E-state index in [0.29, 0.717) is 22.1 Å². The second-order valence-corrected chi connectivity index (χ2v) is 7.87. The van der Waals surface area contributed by atoms with Crippen molar-refractivity contribution in [2.45, 2.75) is 13.8 Å². The summed E-state index contributed by atoms with van der Waals surface area (Å²) in [5.74, 6) is 0.449. The maximum absolute atomic E-state index is 13.0. The predicted octanol–water partition coefficient (Wildman–Crippen LogP) is 4.87. The van der Waals surface area contributed by atoms with E-state index in [-0.39, 0.29) is 5.91 Å². The molecule has 0 saturated heterocycles. The molecule has 4 aromatic rings. The van der Waals surface area contributed by atoms with Gasteiger partial charge < -0.3 is 4.74 Å². The lowest BCUT2D eigenvalue weighted by molar-refractivity contribution is 0.102. The number of benzene rings is 2. The zero-order valence-corrected chi connectivity index (χ0v) is 17.2. The standard InChI is InChI=1S/C22H20N4O2S/c1-14-7-9-17(10-8-14)26-13-19(21(27)24-22-23-12-15(2)29-22)20(25-26)16-5-4-6-18(11-16)28-3/h4-13H,1-3H3,(H,23,24,27). The van der Waals surface area contributed by atoms with Crippen molar-refractivity contribution >= 4 is 22.4 Å². The lowest BCUT2D eigenvalue weighted by Gasteiger charge is -2.05. The first-order valence-electron chi connectivity index (χ1n) is 9.08. The Morgan fingerprint density at radius 1 is 1.14 bits per heavy atom. The number of carbonyl (C=O) groups is 1. The number of nitrogens with zero attached hydrogens (tertiary/aromatic N) is 3. The summed E-state index contributed by atoms with van der Waals surface area (Å²) in [4.78, 5) is 18.3. The van der Waals surface area contributed by atoms with E-state index in [4.69, 9.17) is 9.84 Å². The molecular formula is C22H20N4O2S. The summed E-state index contributed by atoms with van der Waals surface area (Å²) in [6.45, 7) is 3.98. The normalized spacial score (nSPS) is 10.7. The van der Waals surface area contributed by atoms with Crippen molar-refractivity contribution in [3.05, 3.63) is 76.9 Å². The number of aromatic nitrogens is 3. The van der Waals surface area contributed by atoms with Gasteiger partial charge in [0.1, 0.15) is 11.4 Å². The van der Waals surface area contributed by atoms with Gasteiger partial charge in [-0.2, -0.15) is 5.10 Å². The van der Waals surface area contributed by atoms with Crippen LogP contribution in [-0.2, 0) is 0 Å². The Balaban J connectivity index is 1.78. The number of rotatable bonds is 5. The van der Waals surface area contributed by atoms with Gasteiger partial charge in [-0.05, 0) is 38.1 Å². The molecule has 0 bridgehead atoms. The zero-order chi connectivity index (χ0) is 20.4. The molecule has 2 aromatic carbocycles. The van der Waals surface area contributed by atoms with Crippen LogP contribution in [0.3, 0.4) is 0 Å². The van der Waals surface area contributed by atoms with E-state index in [1.54, 1.807) is 24.2 Å². The number of amides is 1. The van der Waals surface area contributed by atoms with Gasteiger partial charge >= 0.3 is 0 Å². The van der Waals surface area contributed by atoms with Crippen LogP contribution in [0, 0.1) is 13.8 Å². The third-order valence-electron chi connectivity index (χ3n) is 4.44. The Kier molecular flexibility index (Phi) is 5.14. The van der Waals surface area contributed by atoms with E-state index in [1.165, 1.54) is 11.3 Å².